The fraction of sp³-hybridized carbons (Fsp3) is 0. The van der Waals surface area contributed by atoms with Gasteiger partial charge in [-0.1, -0.05) is 140 Å². The monoisotopic (exact) mass is 668 g/mol. The van der Waals surface area contributed by atoms with Gasteiger partial charge >= 0.3 is 0 Å². The van der Waals surface area contributed by atoms with Crippen molar-refractivity contribution in [3.8, 4) is 56.5 Å². The Balaban J connectivity index is 1.20. The molecule has 0 fully saturated rings. The highest BCUT2D eigenvalue weighted by atomic mass is 32.1. The first-order chi connectivity index (χ1) is 25.3. The summed E-state index contributed by atoms with van der Waals surface area (Å²) in [6.07, 6.45) is 0. The van der Waals surface area contributed by atoms with Gasteiger partial charge in [0.2, 0.25) is 0 Å². The maximum absolute atomic E-state index is 5.39. The van der Waals surface area contributed by atoms with E-state index in [9.17, 15) is 0 Å². The van der Waals surface area contributed by atoms with Gasteiger partial charge in [-0.25, -0.2) is 19.9 Å². The Morgan fingerprint density at radius 1 is 0.353 bits per heavy atom. The molecule has 0 N–H and O–H groups in total. The van der Waals surface area contributed by atoms with Crippen molar-refractivity contribution < 1.29 is 0 Å². The molecule has 5 heteroatoms. The van der Waals surface area contributed by atoms with E-state index in [0.29, 0.717) is 23.2 Å². The van der Waals surface area contributed by atoms with E-state index in [4.69, 9.17) is 19.9 Å². The van der Waals surface area contributed by atoms with Crippen LogP contribution in [-0.2, 0) is 0 Å². The molecule has 0 radical (unpaired) electrons. The van der Waals surface area contributed by atoms with Gasteiger partial charge < -0.3 is 0 Å². The first-order valence-corrected chi connectivity index (χ1v) is 17.8. The largest absolute Gasteiger partial charge is 0.244 e. The fourth-order valence-corrected chi connectivity index (χ4v) is 8.26. The molecule has 4 nitrogen and oxygen atoms in total. The Morgan fingerprint density at radius 3 is 1.90 bits per heavy atom. The minimum Gasteiger partial charge on any atom is -0.244 e. The lowest BCUT2D eigenvalue weighted by molar-refractivity contribution is 1.06. The molecule has 10 aromatic rings. The minimum absolute atomic E-state index is 0.536. The van der Waals surface area contributed by atoms with E-state index >= 15 is 0 Å². The predicted octanol–water partition coefficient (Wildman–Crippen LogP) is 12.3. The van der Waals surface area contributed by atoms with Crippen molar-refractivity contribution in [2.45, 2.75) is 0 Å². The summed E-state index contributed by atoms with van der Waals surface area (Å²) in [5, 5.41) is 5.94. The summed E-state index contributed by atoms with van der Waals surface area (Å²) < 4.78 is 2.40. The first kappa shape index (κ1) is 29.4. The highest BCUT2D eigenvalue weighted by molar-refractivity contribution is 7.26. The molecule has 0 saturated heterocycles. The van der Waals surface area contributed by atoms with Crippen molar-refractivity contribution in [1.82, 2.24) is 19.9 Å². The Labute approximate surface area is 298 Å². The van der Waals surface area contributed by atoms with Gasteiger partial charge in [0, 0.05) is 42.2 Å². The highest BCUT2D eigenvalue weighted by Gasteiger charge is 2.19. The standard InChI is InChI=1S/C46H28N4S/c1-3-13-30(14-4-1)35-25-24-34(33-23-22-29-12-7-8-17-32(29)28-33)37-26-27-40(47-42(35)37)46-49-44(31-15-5-2-6-16-31)48-45(50-46)39-20-11-19-38-36-18-9-10-21-41(36)51-43(38)39/h1-28H. The van der Waals surface area contributed by atoms with E-state index in [0.717, 1.165) is 49.0 Å². The number of nitrogens with zero attached hydrogens (tertiary/aromatic N) is 4. The van der Waals surface area contributed by atoms with Gasteiger partial charge in [0.05, 0.1) is 5.52 Å². The van der Waals surface area contributed by atoms with E-state index < -0.39 is 0 Å². The molecule has 7 aromatic carbocycles. The topological polar surface area (TPSA) is 51.6 Å². The summed E-state index contributed by atoms with van der Waals surface area (Å²) in [5.74, 6) is 1.78. The van der Waals surface area contributed by atoms with Crippen LogP contribution in [0.25, 0.3) is 98.4 Å². The van der Waals surface area contributed by atoms with Crippen LogP contribution in [-0.4, -0.2) is 19.9 Å². The molecule has 3 aromatic heterocycles. The maximum Gasteiger partial charge on any atom is 0.182 e. The molecule has 10 rings (SSSR count). The lowest BCUT2D eigenvalue weighted by atomic mass is 9.93. The van der Waals surface area contributed by atoms with E-state index in [1.807, 2.05) is 36.4 Å². The van der Waals surface area contributed by atoms with Gasteiger partial charge in [-0.05, 0) is 57.8 Å². The number of benzene rings is 7. The second-order valence-electron chi connectivity index (χ2n) is 12.6. The zero-order valence-electron chi connectivity index (χ0n) is 27.4. The second kappa shape index (κ2) is 12.1. The average molecular weight is 669 g/mol. The summed E-state index contributed by atoms with van der Waals surface area (Å²) in [7, 11) is 0. The Hall–Kier alpha value is -6.56. The van der Waals surface area contributed by atoms with Crippen LogP contribution in [0.4, 0.5) is 0 Å². The third kappa shape index (κ3) is 5.14. The van der Waals surface area contributed by atoms with Crippen molar-refractivity contribution in [2.75, 3.05) is 0 Å². The van der Waals surface area contributed by atoms with Crippen molar-refractivity contribution in [1.29, 1.82) is 0 Å². The van der Waals surface area contributed by atoms with E-state index in [1.165, 1.54) is 26.2 Å². The molecule has 0 amide bonds. The fourth-order valence-electron chi connectivity index (χ4n) is 7.05. The van der Waals surface area contributed by atoms with Crippen LogP contribution in [0.15, 0.2) is 170 Å². The molecule has 0 aliphatic heterocycles. The van der Waals surface area contributed by atoms with Crippen LogP contribution in [0, 0.1) is 0 Å². The Morgan fingerprint density at radius 2 is 1.04 bits per heavy atom. The van der Waals surface area contributed by atoms with Gasteiger partial charge in [-0.3, -0.25) is 0 Å². The quantitative estimate of drug-likeness (QED) is 0.183. The zero-order chi connectivity index (χ0) is 33.7. The summed E-state index contributed by atoms with van der Waals surface area (Å²) in [6, 6.07) is 59.3. The van der Waals surface area contributed by atoms with Crippen LogP contribution in [0.5, 0.6) is 0 Å². The van der Waals surface area contributed by atoms with E-state index in [2.05, 4.69) is 133 Å². The van der Waals surface area contributed by atoms with Crippen LogP contribution in [0.2, 0.25) is 0 Å². The maximum atomic E-state index is 5.39. The normalized spacial score (nSPS) is 11.5. The second-order valence-corrected chi connectivity index (χ2v) is 13.7. The molecular weight excluding hydrogens is 641 g/mol. The SMILES string of the molecule is c1ccc(-c2nc(-c3ccc4c(-c5ccc6ccccc6c5)ccc(-c5ccccc5)c4n3)nc(-c3cccc4c3sc3ccccc34)n2)cc1. The summed E-state index contributed by atoms with van der Waals surface area (Å²) in [5.41, 5.74) is 7.96. The number of pyridine rings is 1. The van der Waals surface area contributed by atoms with Crippen LogP contribution in [0.1, 0.15) is 0 Å². The third-order valence-corrected chi connectivity index (χ3v) is 10.8. The predicted molar refractivity (Wildman–Crippen MR) is 213 cm³/mol. The number of hydrogen-bond acceptors (Lipinski definition) is 5. The summed E-state index contributed by atoms with van der Waals surface area (Å²) in [6.45, 7) is 0. The molecule has 0 aliphatic carbocycles. The number of fused-ring (bicyclic) bond motifs is 5. The number of aromatic nitrogens is 4. The van der Waals surface area contributed by atoms with Crippen LogP contribution >= 0.6 is 11.3 Å². The molecule has 0 aliphatic rings. The van der Waals surface area contributed by atoms with Crippen LogP contribution in [0.3, 0.4) is 0 Å². The number of thiophene rings is 1. The molecule has 51 heavy (non-hydrogen) atoms. The molecular formula is C46H28N4S. The average Bonchev–Trinajstić information content (AvgIpc) is 3.59. The van der Waals surface area contributed by atoms with E-state index in [-0.39, 0.29) is 0 Å². The molecule has 238 valence electrons. The molecule has 0 saturated carbocycles. The smallest absolute Gasteiger partial charge is 0.182 e. The molecule has 3 heterocycles. The molecule has 0 bridgehead atoms. The lowest BCUT2D eigenvalue weighted by Crippen LogP contribution is -2.01. The molecule has 0 spiro atoms. The van der Waals surface area contributed by atoms with Crippen molar-refractivity contribution in [2.24, 2.45) is 0 Å². The van der Waals surface area contributed by atoms with Crippen LogP contribution < -0.4 is 0 Å². The molecule has 0 unspecified atom stereocenters. The summed E-state index contributed by atoms with van der Waals surface area (Å²) >= 11 is 1.77. The van der Waals surface area contributed by atoms with Gasteiger partial charge in [-0.15, -0.1) is 11.3 Å². The summed E-state index contributed by atoms with van der Waals surface area (Å²) in [4.78, 5) is 20.7. The van der Waals surface area contributed by atoms with E-state index in [1.54, 1.807) is 11.3 Å². The molecule has 0 atom stereocenters. The Bertz CT molecular complexity index is 2920. The highest BCUT2D eigenvalue weighted by Crippen LogP contribution is 2.40. The van der Waals surface area contributed by atoms with Crippen molar-refractivity contribution in [3.05, 3.63) is 170 Å². The van der Waals surface area contributed by atoms with Gasteiger partial charge in [0.1, 0.15) is 5.69 Å². The van der Waals surface area contributed by atoms with Gasteiger partial charge in [-0.2, -0.15) is 0 Å². The van der Waals surface area contributed by atoms with Crippen molar-refractivity contribution >= 4 is 53.2 Å². The minimum atomic E-state index is 0.536. The van der Waals surface area contributed by atoms with Gasteiger partial charge in [0.25, 0.3) is 0 Å². The van der Waals surface area contributed by atoms with Gasteiger partial charge in [0.15, 0.2) is 17.5 Å². The Kier molecular flexibility index (Phi) is 6.96. The number of hydrogen-bond donors (Lipinski definition) is 0. The van der Waals surface area contributed by atoms with Crippen molar-refractivity contribution in [3.63, 3.8) is 0 Å². The third-order valence-electron chi connectivity index (χ3n) is 9.54. The first-order valence-electron chi connectivity index (χ1n) is 17.0. The number of rotatable bonds is 5. The lowest BCUT2D eigenvalue weighted by Gasteiger charge is -2.14. The zero-order valence-corrected chi connectivity index (χ0v) is 28.2.